The summed E-state index contributed by atoms with van der Waals surface area (Å²) in [5.41, 5.74) is 6.21. The second-order valence-corrected chi connectivity index (χ2v) is 6.42. The molecule has 0 aromatic heterocycles. The molecule has 1 aromatic rings. The van der Waals surface area contributed by atoms with Crippen LogP contribution in [-0.4, -0.2) is 52.4 Å². The van der Waals surface area contributed by atoms with Crippen LogP contribution in [0.15, 0.2) is 24.3 Å². The molecule has 0 bridgehead atoms. The number of nitrogens with two attached hydrogens (primary N) is 1. The summed E-state index contributed by atoms with van der Waals surface area (Å²) in [5, 5.41) is 0. The van der Waals surface area contributed by atoms with E-state index in [-0.39, 0.29) is 12.4 Å². The maximum Gasteiger partial charge on any atom is 0.214 e. The lowest BCUT2D eigenvalue weighted by molar-refractivity contribution is 0.340. The number of para-hydroxylation sites is 2. The number of sulfonamides is 1. The maximum atomic E-state index is 11.7. The summed E-state index contributed by atoms with van der Waals surface area (Å²) in [5.74, 6) is 0.422. The molecule has 0 saturated heterocycles. The number of anilines is 1. The number of likely N-dealkylation sites (N-methyl/N-ethyl adjacent to an activating group) is 1. The number of benzene rings is 1. The number of ether oxygens (including phenoxy) is 1. The van der Waals surface area contributed by atoms with Gasteiger partial charge >= 0.3 is 0 Å². The SMILES string of the molecule is CCN(C)CCNS(=O)(=O)CCOc1ccccc1N. The van der Waals surface area contributed by atoms with E-state index in [2.05, 4.69) is 4.72 Å². The zero-order valence-corrected chi connectivity index (χ0v) is 12.8. The van der Waals surface area contributed by atoms with Gasteiger partial charge in [0.2, 0.25) is 10.0 Å². The third-order valence-electron chi connectivity index (χ3n) is 2.88. The lowest BCUT2D eigenvalue weighted by Gasteiger charge is -2.14. The first kappa shape index (κ1) is 16.7. The predicted octanol–water partition coefficient (Wildman–Crippen LogP) is 0.519. The Hall–Kier alpha value is -1.31. The molecule has 0 heterocycles. The third-order valence-corrected chi connectivity index (χ3v) is 4.23. The van der Waals surface area contributed by atoms with Gasteiger partial charge in [-0.2, -0.15) is 0 Å². The van der Waals surface area contributed by atoms with Crippen LogP contribution in [0.1, 0.15) is 6.92 Å². The number of hydrogen-bond acceptors (Lipinski definition) is 5. The van der Waals surface area contributed by atoms with Crippen molar-refractivity contribution in [2.75, 3.05) is 44.8 Å². The van der Waals surface area contributed by atoms with E-state index in [9.17, 15) is 8.42 Å². The monoisotopic (exact) mass is 301 g/mol. The summed E-state index contributed by atoms with van der Waals surface area (Å²) in [6, 6.07) is 7.01. The molecule has 0 aliphatic carbocycles. The van der Waals surface area contributed by atoms with Crippen LogP contribution < -0.4 is 15.2 Å². The molecule has 1 aromatic carbocycles. The van der Waals surface area contributed by atoms with E-state index in [0.717, 1.165) is 6.54 Å². The van der Waals surface area contributed by atoms with E-state index < -0.39 is 10.0 Å². The molecule has 3 N–H and O–H groups in total. The van der Waals surface area contributed by atoms with Crippen molar-refractivity contribution in [3.8, 4) is 5.75 Å². The molecule has 0 amide bonds. The Labute approximate surface area is 121 Å². The Kier molecular flexibility index (Phi) is 6.77. The highest BCUT2D eigenvalue weighted by atomic mass is 32.2. The van der Waals surface area contributed by atoms with E-state index in [4.69, 9.17) is 10.5 Å². The zero-order chi connectivity index (χ0) is 15.0. The maximum absolute atomic E-state index is 11.7. The molecule has 0 aliphatic heterocycles. The van der Waals surface area contributed by atoms with Crippen LogP contribution in [0.4, 0.5) is 5.69 Å². The van der Waals surface area contributed by atoms with Gasteiger partial charge in [0, 0.05) is 13.1 Å². The summed E-state index contributed by atoms with van der Waals surface area (Å²) >= 11 is 0. The van der Waals surface area contributed by atoms with Crippen LogP contribution in [0.2, 0.25) is 0 Å². The largest absolute Gasteiger partial charge is 0.490 e. The van der Waals surface area contributed by atoms with Gasteiger partial charge in [-0.15, -0.1) is 0 Å². The molecule has 0 atom stereocenters. The van der Waals surface area contributed by atoms with Gasteiger partial charge in [0.1, 0.15) is 12.4 Å². The fourth-order valence-corrected chi connectivity index (χ4v) is 2.34. The second-order valence-electron chi connectivity index (χ2n) is 4.50. The van der Waals surface area contributed by atoms with E-state index in [1.807, 2.05) is 18.9 Å². The van der Waals surface area contributed by atoms with Crippen molar-refractivity contribution in [3.63, 3.8) is 0 Å². The van der Waals surface area contributed by atoms with Crippen molar-refractivity contribution in [1.82, 2.24) is 9.62 Å². The van der Waals surface area contributed by atoms with E-state index in [1.165, 1.54) is 0 Å². The lowest BCUT2D eigenvalue weighted by Crippen LogP contribution is -2.35. The lowest BCUT2D eigenvalue weighted by atomic mass is 10.3. The van der Waals surface area contributed by atoms with Crippen LogP contribution in [0, 0.1) is 0 Å². The Morgan fingerprint density at radius 3 is 2.70 bits per heavy atom. The zero-order valence-electron chi connectivity index (χ0n) is 12.0. The normalized spacial score (nSPS) is 11.8. The molecule has 0 saturated carbocycles. The average molecular weight is 301 g/mol. The highest BCUT2D eigenvalue weighted by Crippen LogP contribution is 2.19. The molecule has 1 rings (SSSR count). The van der Waals surface area contributed by atoms with Crippen molar-refractivity contribution in [2.45, 2.75) is 6.92 Å². The van der Waals surface area contributed by atoms with Gasteiger partial charge in [-0.1, -0.05) is 19.1 Å². The fraction of sp³-hybridized carbons (Fsp3) is 0.538. The smallest absolute Gasteiger partial charge is 0.214 e. The minimum atomic E-state index is -3.31. The number of hydrogen-bond donors (Lipinski definition) is 2. The number of nitrogen functional groups attached to an aromatic ring is 1. The van der Waals surface area contributed by atoms with E-state index in [1.54, 1.807) is 24.3 Å². The molecular weight excluding hydrogens is 278 g/mol. The van der Waals surface area contributed by atoms with Crippen LogP contribution in [0.3, 0.4) is 0 Å². The Balaban J connectivity index is 2.31. The highest BCUT2D eigenvalue weighted by molar-refractivity contribution is 7.89. The van der Waals surface area contributed by atoms with Gasteiger partial charge < -0.3 is 15.4 Å². The summed E-state index contributed by atoms with van der Waals surface area (Å²) in [6.07, 6.45) is 0. The van der Waals surface area contributed by atoms with Crippen molar-refractivity contribution >= 4 is 15.7 Å². The summed E-state index contributed by atoms with van der Waals surface area (Å²) < 4.78 is 31.4. The van der Waals surface area contributed by atoms with Crippen molar-refractivity contribution < 1.29 is 13.2 Å². The van der Waals surface area contributed by atoms with Gasteiger partial charge in [0.15, 0.2) is 0 Å². The number of rotatable bonds is 9. The Bertz CT molecular complexity index is 505. The molecule has 6 nitrogen and oxygen atoms in total. The second kappa shape index (κ2) is 8.08. The molecular formula is C13H23N3O3S. The van der Waals surface area contributed by atoms with Crippen LogP contribution >= 0.6 is 0 Å². The summed E-state index contributed by atoms with van der Waals surface area (Å²) in [4.78, 5) is 2.03. The fourth-order valence-electron chi connectivity index (χ4n) is 1.50. The molecule has 7 heteroatoms. The molecule has 114 valence electrons. The van der Waals surface area contributed by atoms with Gasteiger partial charge in [0.25, 0.3) is 0 Å². The molecule has 0 unspecified atom stereocenters. The Morgan fingerprint density at radius 1 is 1.35 bits per heavy atom. The minimum Gasteiger partial charge on any atom is -0.490 e. The summed E-state index contributed by atoms with van der Waals surface area (Å²) in [6.45, 7) is 4.07. The average Bonchev–Trinajstić information content (AvgIpc) is 2.40. The Morgan fingerprint density at radius 2 is 2.05 bits per heavy atom. The van der Waals surface area contributed by atoms with Gasteiger partial charge in [-0.3, -0.25) is 0 Å². The van der Waals surface area contributed by atoms with Crippen molar-refractivity contribution in [2.24, 2.45) is 0 Å². The van der Waals surface area contributed by atoms with Crippen LogP contribution in [0.25, 0.3) is 0 Å². The third kappa shape index (κ3) is 6.23. The molecule has 0 spiro atoms. The van der Waals surface area contributed by atoms with Crippen LogP contribution in [-0.2, 0) is 10.0 Å². The number of nitrogens with one attached hydrogen (secondary N) is 1. The standard InChI is InChI=1S/C13H23N3O3S/c1-3-16(2)9-8-15-20(17,18)11-10-19-13-7-5-4-6-12(13)14/h4-7,15H,3,8-11,14H2,1-2H3. The first-order valence-electron chi connectivity index (χ1n) is 6.58. The first-order chi connectivity index (χ1) is 9.44. The number of nitrogens with zero attached hydrogens (tertiary/aromatic N) is 1. The van der Waals surface area contributed by atoms with Crippen LogP contribution in [0.5, 0.6) is 5.75 Å². The quantitative estimate of drug-likeness (QED) is 0.650. The topological polar surface area (TPSA) is 84.7 Å². The van der Waals surface area contributed by atoms with Gasteiger partial charge in [0.05, 0.1) is 11.4 Å². The van der Waals surface area contributed by atoms with E-state index >= 15 is 0 Å². The first-order valence-corrected chi connectivity index (χ1v) is 8.23. The van der Waals surface area contributed by atoms with E-state index in [0.29, 0.717) is 24.5 Å². The van der Waals surface area contributed by atoms with Crippen molar-refractivity contribution in [1.29, 1.82) is 0 Å². The molecule has 0 radical (unpaired) electrons. The van der Waals surface area contributed by atoms with Gasteiger partial charge in [-0.25, -0.2) is 13.1 Å². The summed E-state index contributed by atoms with van der Waals surface area (Å²) in [7, 11) is -1.37. The van der Waals surface area contributed by atoms with Gasteiger partial charge in [-0.05, 0) is 25.7 Å². The molecule has 0 aliphatic rings. The predicted molar refractivity (Wildman–Crippen MR) is 81.3 cm³/mol. The van der Waals surface area contributed by atoms with Crippen molar-refractivity contribution in [3.05, 3.63) is 24.3 Å². The molecule has 0 fully saturated rings. The highest BCUT2D eigenvalue weighted by Gasteiger charge is 2.10. The molecule has 20 heavy (non-hydrogen) atoms. The minimum absolute atomic E-state index is 0.0766.